The number of carbonyl (C=O) groups is 3. The minimum absolute atomic E-state index is 0.00356. The molecule has 204 valence electrons. The van der Waals surface area contributed by atoms with E-state index in [-0.39, 0.29) is 52.2 Å². The summed E-state index contributed by atoms with van der Waals surface area (Å²) in [5, 5.41) is 19.4. The molecular weight excluding hydrogens is 518 g/mol. The Labute approximate surface area is 229 Å². The van der Waals surface area contributed by atoms with E-state index < -0.39 is 23.8 Å². The Hall–Kier alpha value is -5.50. The Balaban J connectivity index is 1.93. The van der Waals surface area contributed by atoms with Crippen molar-refractivity contribution in [3.8, 4) is 11.8 Å². The van der Waals surface area contributed by atoms with Gasteiger partial charge in [-0.25, -0.2) is 14.4 Å². The van der Waals surface area contributed by atoms with Crippen LogP contribution in [0.2, 0.25) is 0 Å². The number of methoxy groups -OCH3 is 2. The number of benzene rings is 2. The first kappa shape index (κ1) is 27.5. The second-order valence-corrected chi connectivity index (χ2v) is 8.67. The third kappa shape index (κ3) is 5.10. The van der Waals surface area contributed by atoms with E-state index in [1.165, 1.54) is 24.1 Å². The van der Waals surface area contributed by atoms with Crippen LogP contribution in [0.4, 0.5) is 5.69 Å². The van der Waals surface area contributed by atoms with E-state index in [9.17, 15) is 19.6 Å². The van der Waals surface area contributed by atoms with E-state index in [0.717, 1.165) is 12.7 Å². The fourth-order valence-electron chi connectivity index (χ4n) is 4.41. The van der Waals surface area contributed by atoms with Crippen LogP contribution in [0.15, 0.2) is 87.7 Å². The van der Waals surface area contributed by atoms with Gasteiger partial charge in [-0.05, 0) is 42.3 Å². The number of ether oxygens (including phenoxy) is 3. The number of carboxylic acid groups (broad SMARTS) is 1. The van der Waals surface area contributed by atoms with Crippen LogP contribution in [0, 0.1) is 18.3 Å². The van der Waals surface area contributed by atoms with Crippen LogP contribution in [0.1, 0.15) is 33.4 Å². The Morgan fingerprint density at radius 3 is 2.35 bits per heavy atom. The molecule has 1 atom stereocenters. The van der Waals surface area contributed by atoms with Gasteiger partial charge in [-0.1, -0.05) is 36.4 Å². The molecule has 0 fully saturated rings. The van der Waals surface area contributed by atoms with Gasteiger partial charge in [-0.3, -0.25) is 4.90 Å². The molecule has 0 aliphatic carbocycles. The molecule has 0 amide bonds. The third-order valence-corrected chi connectivity index (χ3v) is 6.21. The molecular formula is C29H25N3O8. The molecule has 0 saturated carbocycles. The molecule has 2 heterocycles. The molecule has 0 spiro atoms. The van der Waals surface area contributed by atoms with Gasteiger partial charge in [0.2, 0.25) is 5.76 Å². The van der Waals surface area contributed by atoms with Gasteiger partial charge in [0.15, 0.2) is 0 Å². The molecule has 1 aliphatic heterocycles. The summed E-state index contributed by atoms with van der Waals surface area (Å²) in [4.78, 5) is 39.0. The molecule has 0 bridgehead atoms. The van der Waals surface area contributed by atoms with Crippen LogP contribution in [-0.2, 0) is 25.7 Å². The lowest BCUT2D eigenvalue weighted by Gasteiger charge is -2.36. The van der Waals surface area contributed by atoms with Gasteiger partial charge in [0.1, 0.15) is 29.6 Å². The van der Waals surface area contributed by atoms with E-state index in [0.29, 0.717) is 5.56 Å². The average Bonchev–Trinajstić information content (AvgIpc) is 3.45. The van der Waals surface area contributed by atoms with Gasteiger partial charge in [-0.2, -0.15) is 5.26 Å². The number of hydrogen-bond acceptors (Lipinski definition) is 10. The van der Waals surface area contributed by atoms with Crippen molar-refractivity contribution in [2.75, 3.05) is 19.1 Å². The predicted molar refractivity (Wildman–Crippen MR) is 141 cm³/mol. The number of anilines is 1. The highest BCUT2D eigenvalue weighted by molar-refractivity contribution is 6.06. The average molecular weight is 544 g/mol. The fourth-order valence-corrected chi connectivity index (χ4v) is 4.41. The third-order valence-electron chi connectivity index (χ3n) is 6.21. The molecule has 11 heteroatoms. The lowest BCUT2D eigenvalue weighted by Crippen LogP contribution is -2.41. The highest BCUT2D eigenvalue weighted by Crippen LogP contribution is 2.45. The van der Waals surface area contributed by atoms with E-state index in [1.54, 1.807) is 55.5 Å². The minimum Gasteiger partial charge on any atom is -0.483 e. The maximum Gasteiger partial charge on any atom is 0.371 e. The monoisotopic (exact) mass is 543 g/mol. The molecule has 0 radical (unpaired) electrons. The van der Waals surface area contributed by atoms with Crippen molar-refractivity contribution in [1.82, 2.24) is 0 Å². The van der Waals surface area contributed by atoms with Crippen molar-refractivity contribution >= 4 is 23.6 Å². The number of aryl methyl sites for hydroxylation is 1. The van der Waals surface area contributed by atoms with Crippen molar-refractivity contribution in [3.05, 3.63) is 106 Å². The number of carboxylic acids is 1. The number of nitriles is 1. The number of allylic oxidation sites excluding steroid dienone is 1. The van der Waals surface area contributed by atoms with Crippen molar-refractivity contribution in [3.63, 3.8) is 0 Å². The Bertz CT molecular complexity index is 1580. The molecule has 3 N–H and O–H groups in total. The first-order valence-electron chi connectivity index (χ1n) is 11.9. The van der Waals surface area contributed by atoms with Gasteiger partial charge in [0.25, 0.3) is 0 Å². The van der Waals surface area contributed by atoms with Gasteiger partial charge in [0, 0.05) is 0 Å². The number of rotatable bonds is 8. The molecule has 1 unspecified atom stereocenters. The van der Waals surface area contributed by atoms with Crippen LogP contribution in [0.3, 0.4) is 0 Å². The normalized spacial score (nSPS) is 14.9. The molecule has 0 saturated heterocycles. The summed E-state index contributed by atoms with van der Waals surface area (Å²) in [5.41, 5.74) is 7.71. The zero-order valence-corrected chi connectivity index (χ0v) is 21.8. The molecule has 11 nitrogen and oxygen atoms in total. The summed E-state index contributed by atoms with van der Waals surface area (Å²) in [5.74, 6) is -3.95. The second-order valence-electron chi connectivity index (χ2n) is 8.67. The van der Waals surface area contributed by atoms with Gasteiger partial charge >= 0.3 is 17.9 Å². The van der Waals surface area contributed by atoms with E-state index >= 15 is 0 Å². The zero-order chi connectivity index (χ0) is 29.0. The summed E-state index contributed by atoms with van der Waals surface area (Å²) < 4.78 is 21.4. The first-order valence-corrected chi connectivity index (χ1v) is 11.9. The highest BCUT2D eigenvalue weighted by atomic mass is 16.5. The number of hydrogen-bond donors (Lipinski definition) is 2. The molecule has 40 heavy (non-hydrogen) atoms. The van der Waals surface area contributed by atoms with Crippen molar-refractivity contribution in [2.24, 2.45) is 5.73 Å². The maximum atomic E-state index is 13.3. The number of furan rings is 1. The summed E-state index contributed by atoms with van der Waals surface area (Å²) in [6, 6.07) is 18.5. The molecule has 3 aromatic rings. The quantitative estimate of drug-likeness (QED) is 0.397. The molecule has 1 aliphatic rings. The predicted octanol–water partition coefficient (Wildman–Crippen LogP) is 3.76. The smallest absolute Gasteiger partial charge is 0.371 e. The van der Waals surface area contributed by atoms with Crippen LogP contribution >= 0.6 is 0 Å². The second kappa shape index (κ2) is 11.5. The van der Waals surface area contributed by atoms with Crippen LogP contribution in [-0.4, -0.2) is 37.2 Å². The summed E-state index contributed by atoms with van der Waals surface area (Å²) in [6.45, 7) is 1.63. The number of nitrogens with two attached hydrogens (primary N) is 1. The van der Waals surface area contributed by atoms with E-state index in [1.807, 2.05) is 0 Å². The summed E-state index contributed by atoms with van der Waals surface area (Å²) in [7, 11) is 2.32. The van der Waals surface area contributed by atoms with E-state index in [4.69, 9.17) is 29.5 Å². The lowest BCUT2D eigenvalue weighted by atomic mass is 9.81. The SMILES string of the molecule is COC(=O)C1=C(C(=O)OC)N(c2cc(C)ccc2OCc2ccc(C(=O)O)o2)C(N)=C(C#N)C1c1ccccc1. The molecule has 1 aromatic heterocycles. The minimum atomic E-state index is -1.23. The van der Waals surface area contributed by atoms with Crippen LogP contribution in [0.5, 0.6) is 5.75 Å². The Morgan fingerprint density at radius 2 is 1.75 bits per heavy atom. The Morgan fingerprint density at radius 1 is 1.05 bits per heavy atom. The first-order chi connectivity index (χ1) is 19.2. The fraction of sp³-hybridized carbons (Fsp3) is 0.172. The number of esters is 2. The van der Waals surface area contributed by atoms with Gasteiger partial charge in [-0.15, -0.1) is 0 Å². The summed E-state index contributed by atoms with van der Waals surface area (Å²) in [6.07, 6.45) is 0. The number of carbonyl (C=O) groups excluding carboxylic acids is 2. The van der Waals surface area contributed by atoms with Crippen molar-refractivity contribution < 1.29 is 38.1 Å². The Kier molecular flexibility index (Phi) is 7.91. The van der Waals surface area contributed by atoms with Crippen molar-refractivity contribution in [2.45, 2.75) is 19.4 Å². The highest BCUT2D eigenvalue weighted by Gasteiger charge is 2.43. The van der Waals surface area contributed by atoms with E-state index in [2.05, 4.69) is 6.07 Å². The maximum absolute atomic E-state index is 13.3. The van der Waals surface area contributed by atoms with Gasteiger partial charge in [0.05, 0.1) is 43.0 Å². The number of nitrogens with zero attached hydrogens (tertiary/aromatic N) is 2. The largest absolute Gasteiger partial charge is 0.483 e. The standard InChI is InChI=1S/C29H25N3O8/c1-16-9-11-21(39-15-18-10-12-22(40-18)27(33)34)20(13-16)32-25(29(36)38-3)24(28(35)37-2)23(19(14-30)26(32)31)17-7-5-4-6-8-17/h4-13,23H,15,31H2,1-3H3,(H,33,34). The molecule has 4 rings (SSSR count). The topological polar surface area (TPSA) is 165 Å². The molecule has 2 aromatic carbocycles. The van der Waals surface area contributed by atoms with Gasteiger partial charge < -0.3 is 29.5 Å². The van der Waals surface area contributed by atoms with Crippen LogP contribution < -0.4 is 15.4 Å². The number of aromatic carboxylic acids is 1. The zero-order valence-electron chi connectivity index (χ0n) is 21.8. The van der Waals surface area contributed by atoms with Crippen molar-refractivity contribution in [1.29, 1.82) is 5.26 Å². The summed E-state index contributed by atoms with van der Waals surface area (Å²) >= 11 is 0. The lowest BCUT2D eigenvalue weighted by molar-refractivity contribution is -0.139. The van der Waals surface area contributed by atoms with Crippen LogP contribution in [0.25, 0.3) is 0 Å².